The maximum Gasteiger partial charge on any atom is 0.164 e. The van der Waals surface area contributed by atoms with E-state index in [9.17, 15) is 0 Å². The maximum absolute atomic E-state index is 8.87. The van der Waals surface area contributed by atoms with E-state index < -0.39 is 18.1 Å². The van der Waals surface area contributed by atoms with Crippen LogP contribution in [0.25, 0.3) is 106 Å². The second kappa shape index (κ2) is 13.0. The van der Waals surface area contributed by atoms with Crippen LogP contribution in [0.15, 0.2) is 198 Å². The Morgan fingerprint density at radius 3 is 1.70 bits per heavy atom. The summed E-state index contributed by atoms with van der Waals surface area (Å²) in [6, 6.07) is 52.5. The predicted molar refractivity (Wildman–Crippen MR) is 229 cm³/mol. The average Bonchev–Trinajstić information content (AvgIpc) is 3.86. The number of para-hydroxylation sites is 2. The molecule has 262 valence electrons. The molecule has 8 aromatic carbocycles. The fourth-order valence-corrected chi connectivity index (χ4v) is 7.72. The molecule has 3 aromatic heterocycles. The number of nitrogens with zero attached hydrogens (tertiary/aromatic N) is 4. The van der Waals surface area contributed by atoms with E-state index in [0.29, 0.717) is 39.8 Å². The van der Waals surface area contributed by atoms with Crippen LogP contribution in [0.1, 0.15) is 6.85 Å². The lowest BCUT2D eigenvalue weighted by Crippen LogP contribution is -2.01. The van der Waals surface area contributed by atoms with E-state index >= 15 is 0 Å². The minimum absolute atomic E-state index is 0.0748. The lowest BCUT2D eigenvalue weighted by Gasteiger charge is -2.11. The number of hydrogen-bond acceptors (Lipinski definition) is 4. The highest BCUT2D eigenvalue weighted by Crippen LogP contribution is 2.41. The molecule has 0 aliphatic heterocycles. The Bertz CT molecular complexity index is 3470. The standard InChI is InChI=1S/C51H32N4O/c1-4-15-33(16-5-1)38-30-43(34-17-6-2-7-18-34)48-44(31-38)42-28-27-37(32-47(42)56-48)51-53-49(35-19-8-3-9-20-35)52-50(54-51)36-21-14-22-39(29-36)55-45-25-12-10-23-40(45)41-24-11-13-26-46(41)55/h1-32H/i2D,6D,7D,17D,18D. The fourth-order valence-electron chi connectivity index (χ4n) is 7.72. The van der Waals surface area contributed by atoms with Crippen molar-refractivity contribution in [1.29, 1.82) is 0 Å². The summed E-state index contributed by atoms with van der Waals surface area (Å²) >= 11 is 0. The van der Waals surface area contributed by atoms with Gasteiger partial charge in [-0.2, -0.15) is 0 Å². The molecule has 0 amide bonds. The smallest absolute Gasteiger partial charge is 0.164 e. The molecule has 0 bridgehead atoms. The van der Waals surface area contributed by atoms with Gasteiger partial charge in [-0.15, -0.1) is 0 Å². The quantitative estimate of drug-likeness (QED) is 0.172. The highest BCUT2D eigenvalue weighted by molar-refractivity contribution is 6.12. The third kappa shape index (κ3) is 5.37. The fraction of sp³-hybridized carbons (Fsp3) is 0. The Balaban J connectivity index is 1.10. The lowest BCUT2D eigenvalue weighted by atomic mass is 9.95. The number of rotatable bonds is 6. The van der Waals surface area contributed by atoms with E-state index in [4.69, 9.17) is 26.2 Å². The molecule has 0 saturated carbocycles. The van der Waals surface area contributed by atoms with Crippen molar-refractivity contribution in [3.05, 3.63) is 194 Å². The van der Waals surface area contributed by atoms with Gasteiger partial charge in [-0.05, 0) is 65.2 Å². The second-order valence-electron chi connectivity index (χ2n) is 13.7. The number of benzene rings is 8. The van der Waals surface area contributed by atoms with Crippen LogP contribution in [-0.2, 0) is 0 Å². The van der Waals surface area contributed by atoms with Crippen LogP contribution in [0.2, 0.25) is 0 Å². The summed E-state index contributed by atoms with van der Waals surface area (Å²) in [5.74, 6) is 1.47. The van der Waals surface area contributed by atoms with Crippen LogP contribution in [0.3, 0.4) is 0 Å². The molecule has 0 unspecified atom stereocenters. The van der Waals surface area contributed by atoms with Crippen LogP contribution in [0.4, 0.5) is 0 Å². The SMILES string of the molecule is [2H]c1c([2H])c([2H])c(-c2cc(-c3ccccc3)cc3c2oc2cc(-c4nc(-c5ccccc5)nc(-c5cccc(-n6c7ccccc7c7ccccc76)c5)n4)ccc23)c([2H])c1[2H]. The zero-order valence-corrected chi connectivity index (χ0v) is 29.8. The normalized spacial score (nSPS) is 12.8. The van der Waals surface area contributed by atoms with Crippen LogP contribution in [0.5, 0.6) is 0 Å². The average molecular weight is 722 g/mol. The Labute approximate surface area is 329 Å². The molecule has 0 aliphatic rings. The van der Waals surface area contributed by atoms with Crippen LogP contribution in [0, 0.1) is 0 Å². The van der Waals surface area contributed by atoms with Crippen molar-refractivity contribution in [1.82, 2.24) is 19.5 Å². The van der Waals surface area contributed by atoms with Gasteiger partial charge in [0.15, 0.2) is 17.5 Å². The molecule has 11 rings (SSSR count). The molecule has 0 saturated heterocycles. The van der Waals surface area contributed by atoms with Gasteiger partial charge in [0.05, 0.1) is 17.9 Å². The van der Waals surface area contributed by atoms with Gasteiger partial charge in [0, 0.05) is 49.5 Å². The minimum atomic E-state index is -0.450. The second-order valence-corrected chi connectivity index (χ2v) is 13.7. The van der Waals surface area contributed by atoms with Gasteiger partial charge in [0.1, 0.15) is 11.2 Å². The monoisotopic (exact) mass is 721 g/mol. The molecule has 0 radical (unpaired) electrons. The maximum atomic E-state index is 8.87. The number of furan rings is 1. The molecule has 0 fully saturated rings. The highest BCUT2D eigenvalue weighted by atomic mass is 16.3. The van der Waals surface area contributed by atoms with E-state index in [1.807, 2.05) is 103 Å². The van der Waals surface area contributed by atoms with Gasteiger partial charge < -0.3 is 8.98 Å². The van der Waals surface area contributed by atoms with E-state index in [1.54, 1.807) is 0 Å². The molecule has 0 atom stereocenters. The van der Waals surface area contributed by atoms with Crippen molar-refractivity contribution < 1.29 is 11.3 Å². The van der Waals surface area contributed by atoms with Crippen molar-refractivity contribution in [2.24, 2.45) is 0 Å². The third-order valence-corrected chi connectivity index (χ3v) is 10.3. The molecule has 0 N–H and O–H groups in total. The first-order chi connectivity index (χ1) is 29.8. The summed E-state index contributed by atoms with van der Waals surface area (Å²) in [5.41, 5.74) is 8.69. The van der Waals surface area contributed by atoms with Gasteiger partial charge in [-0.25, -0.2) is 15.0 Å². The topological polar surface area (TPSA) is 56.7 Å². The number of hydrogen-bond donors (Lipinski definition) is 0. The van der Waals surface area contributed by atoms with Crippen molar-refractivity contribution in [3.8, 4) is 62.1 Å². The largest absolute Gasteiger partial charge is 0.455 e. The van der Waals surface area contributed by atoms with Crippen molar-refractivity contribution in [2.75, 3.05) is 0 Å². The van der Waals surface area contributed by atoms with Crippen molar-refractivity contribution >= 4 is 43.7 Å². The van der Waals surface area contributed by atoms with E-state index in [1.165, 1.54) is 10.8 Å². The molecule has 0 aliphatic carbocycles. The van der Waals surface area contributed by atoms with Crippen LogP contribution in [-0.4, -0.2) is 19.5 Å². The van der Waals surface area contributed by atoms with Crippen LogP contribution >= 0.6 is 0 Å². The molecule has 56 heavy (non-hydrogen) atoms. The zero-order chi connectivity index (χ0) is 41.4. The Kier molecular flexibility index (Phi) is 6.29. The van der Waals surface area contributed by atoms with E-state index in [0.717, 1.165) is 49.7 Å². The number of aromatic nitrogens is 4. The molecule has 5 heteroatoms. The summed E-state index contributed by atoms with van der Waals surface area (Å²) < 4.78 is 51.8. The Hall–Kier alpha value is -7.63. The molecule has 11 aromatic rings. The molecular weight excluding hydrogens is 685 g/mol. The number of fused-ring (bicyclic) bond motifs is 6. The van der Waals surface area contributed by atoms with E-state index in [2.05, 4.69) is 65.2 Å². The van der Waals surface area contributed by atoms with Crippen molar-refractivity contribution in [2.45, 2.75) is 0 Å². The first-order valence-corrected chi connectivity index (χ1v) is 18.4. The highest BCUT2D eigenvalue weighted by Gasteiger charge is 2.19. The summed E-state index contributed by atoms with van der Waals surface area (Å²) in [4.78, 5) is 15.1. The van der Waals surface area contributed by atoms with Gasteiger partial charge in [-0.3, -0.25) is 0 Å². The summed E-state index contributed by atoms with van der Waals surface area (Å²) in [7, 11) is 0. The van der Waals surface area contributed by atoms with Gasteiger partial charge in [0.25, 0.3) is 0 Å². The summed E-state index contributed by atoms with van der Waals surface area (Å²) in [6.45, 7) is 0. The van der Waals surface area contributed by atoms with E-state index in [-0.39, 0.29) is 17.6 Å². The molecular formula is C51H32N4O. The molecule has 5 nitrogen and oxygen atoms in total. The van der Waals surface area contributed by atoms with Crippen molar-refractivity contribution in [3.63, 3.8) is 0 Å². The van der Waals surface area contributed by atoms with Gasteiger partial charge in [0.2, 0.25) is 0 Å². The predicted octanol–water partition coefficient (Wildman–Crippen LogP) is 13.2. The summed E-state index contributed by atoms with van der Waals surface area (Å²) in [5, 5.41) is 3.89. The first kappa shape index (κ1) is 27.0. The van der Waals surface area contributed by atoms with Crippen LogP contribution < -0.4 is 0 Å². The first-order valence-electron chi connectivity index (χ1n) is 20.9. The minimum Gasteiger partial charge on any atom is -0.455 e. The lowest BCUT2D eigenvalue weighted by molar-refractivity contribution is 0.670. The zero-order valence-electron chi connectivity index (χ0n) is 34.8. The Morgan fingerprint density at radius 2 is 1.00 bits per heavy atom. The molecule has 0 spiro atoms. The molecule has 3 heterocycles. The third-order valence-electron chi connectivity index (χ3n) is 10.3. The summed E-state index contributed by atoms with van der Waals surface area (Å²) in [6.07, 6.45) is 0. The van der Waals surface area contributed by atoms with Gasteiger partial charge in [-0.1, -0.05) is 145 Å². The van der Waals surface area contributed by atoms with Gasteiger partial charge >= 0.3 is 0 Å². The Morgan fingerprint density at radius 1 is 0.411 bits per heavy atom.